The molecule has 0 fully saturated rings. The van der Waals surface area contributed by atoms with Crippen LogP contribution in [-0.4, -0.2) is 44.7 Å². The number of carbonyl (C=O) groups is 1. The lowest BCUT2D eigenvalue weighted by Crippen LogP contribution is -2.43. The van der Waals surface area contributed by atoms with E-state index in [4.69, 9.17) is 0 Å². The second kappa shape index (κ2) is 9.86. The minimum absolute atomic E-state index is 0.183. The van der Waals surface area contributed by atoms with E-state index in [1.54, 1.807) is 5.32 Å². The van der Waals surface area contributed by atoms with Crippen LogP contribution >= 0.6 is 0 Å². The van der Waals surface area contributed by atoms with Gasteiger partial charge in [0.2, 0.25) is 0 Å². The Kier molecular flexibility index (Phi) is 7.18. The van der Waals surface area contributed by atoms with Crippen LogP contribution in [0.3, 0.4) is 0 Å². The highest BCUT2D eigenvalue weighted by atomic mass is 19.3. The number of nitrogens with zero attached hydrogens (tertiary/aromatic N) is 3. The number of halogens is 5. The lowest BCUT2D eigenvalue weighted by atomic mass is 9.99. The van der Waals surface area contributed by atoms with E-state index < -0.39 is 49.3 Å². The molecule has 0 saturated carbocycles. The smallest absolute Gasteiger partial charge is 0.315 e. The third-order valence-corrected chi connectivity index (χ3v) is 4.74. The van der Waals surface area contributed by atoms with Gasteiger partial charge in [-0.1, -0.05) is 30.3 Å². The van der Waals surface area contributed by atoms with Crippen molar-refractivity contribution in [2.45, 2.75) is 31.0 Å². The average Bonchev–Trinajstić information content (AvgIpc) is 3.29. The maximum Gasteiger partial charge on any atom is 0.315 e. The molecule has 2 N–H and O–H groups in total. The normalized spacial score (nSPS) is 13.7. The van der Waals surface area contributed by atoms with Crippen LogP contribution in [0.15, 0.2) is 61.3 Å². The first-order valence-electron chi connectivity index (χ1n) is 9.44. The summed E-state index contributed by atoms with van der Waals surface area (Å²) in [6.45, 7) is -1.86. The number of nitrogens with one attached hydrogen (secondary N) is 1. The monoisotopic (exact) mass is 454 g/mol. The third kappa shape index (κ3) is 5.47. The molecular weight excluding hydrogens is 435 g/mol. The van der Waals surface area contributed by atoms with E-state index >= 15 is 0 Å². The number of aliphatic hydroxyl groups is 1. The molecule has 170 valence electrons. The van der Waals surface area contributed by atoms with E-state index in [-0.39, 0.29) is 5.56 Å². The highest BCUT2D eigenvalue weighted by Crippen LogP contribution is 2.30. The number of carbonyl (C=O) groups excluding carboxylic acids is 1. The van der Waals surface area contributed by atoms with Crippen molar-refractivity contribution in [2.75, 3.05) is 6.67 Å². The summed E-state index contributed by atoms with van der Waals surface area (Å²) in [5.74, 6) is -4.89. The van der Waals surface area contributed by atoms with E-state index in [0.29, 0.717) is 11.1 Å². The molecule has 3 aromatic rings. The summed E-state index contributed by atoms with van der Waals surface area (Å²) < 4.78 is 67.9. The van der Waals surface area contributed by atoms with Gasteiger partial charge in [-0.25, -0.2) is 9.37 Å². The molecule has 0 bridgehead atoms. The van der Waals surface area contributed by atoms with Crippen molar-refractivity contribution >= 4 is 5.91 Å². The van der Waals surface area contributed by atoms with Crippen molar-refractivity contribution in [2.24, 2.45) is 0 Å². The lowest BCUT2D eigenvalue weighted by Gasteiger charge is -2.22. The number of rotatable bonds is 9. The molecule has 2 aromatic heterocycles. The lowest BCUT2D eigenvalue weighted by molar-refractivity contribution is -0.133. The van der Waals surface area contributed by atoms with Crippen molar-refractivity contribution in [3.05, 3.63) is 72.6 Å². The second-order valence-corrected chi connectivity index (χ2v) is 7.01. The molecule has 1 amide bonds. The van der Waals surface area contributed by atoms with E-state index in [1.807, 2.05) is 0 Å². The predicted molar refractivity (Wildman–Crippen MR) is 105 cm³/mol. The number of hydrogen-bond donors (Lipinski definition) is 2. The molecule has 0 unspecified atom stereocenters. The molecule has 1 aromatic carbocycles. The van der Waals surface area contributed by atoms with Crippen LogP contribution in [0.5, 0.6) is 0 Å². The van der Waals surface area contributed by atoms with Crippen molar-refractivity contribution in [1.29, 1.82) is 0 Å². The van der Waals surface area contributed by atoms with E-state index in [0.717, 1.165) is 0 Å². The summed E-state index contributed by atoms with van der Waals surface area (Å²) in [4.78, 5) is 18.7. The van der Waals surface area contributed by atoms with Crippen LogP contribution in [0.1, 0.15) is 17.4 Å². The first kappa shape index (κ1) is 23.3. The van der Waals surface area contributed by atoms with Crippen LogP contribution < -0.4 is 5.32 Å². The Balaban J connectivity index is 1.71. The van der Waals surface area contributed by atoms with Crippen molar-refractivity contribution in [1.82, 2.24) is 19.9 Å². The van der Waals surface area contributed by atoms with Crippen LogP contribution in [-0.2, 0) is 17.3 Å². The van der Waals surface area contributed by atoms with Crippen LogP contribution in [0.25, 0.3) is 11.1 Å². The van der Waals surface area contributed by atoms with Crippen LogP contribution in [0.4, 0.5) is 22.0 Å². The molecule has 0 saturated heterocycles. The topological polar surface area (TPSA) is 80.0 Å². The first-order valence-corrected chi connectivity index (χ1v) is 9.44. The van der Waals surface area contributed by atoms with Gasteiger partial charge in [-0.2, -0.15) is 17.6 Å². The third-order valence-electron chi connectivity index (χ3n) is 4.74. The largest absolute Gasteiger partial charge is 0.386 e. The maximum atomic E-state index is 14.4. The van der Waals surface area contributed by atoms with Gasteiger partial charge < -0.3 is 15.0 Å². The van der Waals surface area contributed by atoms with Gasteiger partial charge in [0.15, 0.2) is 0 Å². The molecule has 32 heavy (non-hydrogen) atoms. The number of amides is 1. The summed E-state index contributed by atoms with van der Waals surface area (Å²) in [5, 5.41) is 11.9. The zero-order valence-electron chi connectivity index (χ0n) is 16.5. The molecule has 0 aliphatic heterocycles. The fourth-order valence-corrected chi connectivity index (χ4v) is 3.02. The summed E-state index contributed by atoms with van der Waals surface area (Å²) in [5.41, 5.74) is 0.859. The quantitative estimate of drug-likeness (QED) is 0.485. The summed E-state index contributed by atoms with van der Waals surface area (Å²) in [6, 6.07) is 7.02. The Morgan fingerprint density at radius 3 is 2.34 bits per heavy atom. The minimum Gasteiger partial charge on any atom is -0.386 e. The number of pyridine rings is 1. The van der Waals surface area contributed by atoms with Crippen LogP contribution in [0, 0.1) is 0 Å². The summed E-state index contributed by atoms with van der Waals surface area (Å²) >= 11 is 0. The molecule has 6 nitrogen and oxygen atoms in total. The number of imidazole rings is 1. The molecular formula is C21H19F5N4O2. The van der Waals surface area contributed by atoms with Gasteiger partial charge in [0, 0.05) is 24.2 Å². The number of alkyl halides is 5. The van der Waals surface area contributed by atoms with Crippen LogP contribution in [0.2, 0.25) is 0 Å². The highest BCUT2D eigenvalue weighted by molar-refractivity contribution is 5.79. The van der Waals surface area contributed by atoms with Gasteiger partial charge in [-0.3, -0.25) is 9.78 Å². The minimum atomic E-state index is -3.33. The molecule has 0 aliphatic carbocycles. The Morgan fingerprint density at radius 1 is 1.12 bits per heavy atom. The zero-order chi connectivity index (χ0) is 23.3. The van der Waals surface area contributed by atoms with Crippen molar-refractivity contribution in [3.8, 4) is 11.1 Å². The molecule has 0 aliphatic rings. The first-order chi connectivity index (χ1) is 15.2. The highest BCUT2D eigenvalue weighted by Gasteiger charge is 2.33. The fraction of sp³-hybridized carbons (Fsp3) is 0.286. The Morgan fingerprint density at radius 2 is 1.81 bits per heavy atom. The molecule has 11 heteroatoms. The predicted octanol–water partition coefficient (Wildman–Crippen LogP) is 3.49. The SMILES string of the molecule is O=C(N[C@H](CF)[C@@H](O)c1ccc(-c2ccc(C(F)(F)Cn3ccnc3)nc2)cc1)C(F)F. The number of aromatic nitrogens is 3. The summed E-state index contributed by atoms with van der Waals surface area (Å²) in [6.07, 6.45) is 0.487. The Hall–Kier alpha value is -3.34. The molecule has 3 rings (SSSR count). The van der Waals surface area contributed by atoms with Gasteiger partial charge in [-0.15, -0.1) is 0 Å². The van der Waals surface area contributed by atoms with Crippen molar-refractivity contribution < 1.29 is 31.9 Å². The average molecular weight is 454 g/mol. The standard InChI is InChI=1S/C21H19F5N4O2/c22-9-16(29-20(32)19(23)24)18(31)14-3-1-13(2-4-14)15-5-6-17(28-10-15)21(25,26)11-30-8-7-27-12-30/h1-8,10,12,16,18-19,31H,9,11H2,(H,29,32)/t16-,18+/m1/s1. The van der Waals surface area contributed by atoms with Crippen molar-refractivity contribution in [3.63, 3.8) is 0 Å². The van der Waals surface area contributed by atoms with E-state index in [9.17, 15) is 31.9 Å². The molecule has 0 spiro atoms. The number of benzene rings is 1. The van der Waals surface area contributed by atoms with Gasteiger partial charge >= 0.3 is 12.3 Å². The second-order valence-electron chi connectivity index (χ2n) is 7.01. The maximum absolute atomic E-state index is 14.4. The van der Waals surface area contributed by atoms with Gasteiger partial charge in [0.05, 0.1) is 18.9 Å². The van der Waals surface area contributed by atoms with Gasteiger partial charge in [-0.05, 0) is 17.2 Å². The molecule has 2 atom stereocenters. The Bertz CT molecular complexity index is 1010. The summed E-state index contributed by atoms with van der Waals surface area (Å²) in [7, 11) is 0. The number of aliphatic hydroxyl groups excluding tert-OH is 1. The molecule has 2 heterocycles. The number of hydrogen-bond acceptors (Lipinski definition) is 4. The fourth-order valence-electron chi connectivity index (χ4n) is 3.02. The zero-order valence-corrected chi connectivity index (χ0v) is 16.5. The van der Waals surface area contributed by atoms with E-state index in [2.05, 4.69) is 9.97 Å². The van der Waals surface area contributed by atoms with E-state index in [1.165, 1.54) is 65.9 Å². The molecule has 0 radical (unpaired) electrons. The van der Waals surface area contributed by atoms with Gasteiger partial charge in [0.25, 0.3) is 5.91 Å². The van der Waals surface area contributed by atoms with Gasteiger partial charge in [0.1, 0.15) is 18.5 Å². The Labute approximate surface area is 179 Å².